The lowest BCUT2D eigenvalue weighted by molar-refractivity contribution is 0.136. The van der Waals surface area contributed by atoms with Gasteiger partial charge in [0.25, 0.3) is 0 Å². The van der Waals surface area contributed by atoms with Crippen LogP contribution in [0, 0.1) is 0 Å². The van der Waals surface area contributed by atoms with E-state index in [0.717, 1.165) is 6.42 Å². The summed E-state index contributed by atoms with van der Waals surface area (Å²) in [5.74, 6) is 0.747. The molecule has 0 saturated carbocycles. The van der Waals surface area contributed by atoms with Gasteiger partial charge in [0.2, 0.25) is 17.7 Å². The first-order chi connectivity index (χ1) is 10.1. The minimum Gasteiger partial charge on any atom is -0.493 e. The number of aromatic nitrogens is 4. The molecule has 112 valence electrons. The van der Waals surface area contributed by atoms with Crippen molar-refractivity contribution >= 4 is 0 Å². The third kappa shape index (κ3) is 2.82. The smallest absolute Gasteiger partial charge is 0.241 e. The first kappa shape index (κ1) is 13.8. The maximum Gasteiger partial charge on any atom is 0.241 e. The summed E-state index contributed by atoms with van der Waals surface area (Å²) in [5, 5.41) is 10.2. The van der Waals surface area contributed by atoms with Gasteiger partial charge < -0.3 is 14.6 Å². The molecule has 0 aliphatic carbocycles. The average molecular weight is 290 g/mol. The van der Waals surface area contributed by atoms with Crippen molar-refractivity contribution in [3.05, 3.63) is 24.3 Å². The summed E-state index contributed by atoms with van der Waals surface area (Å²) in [6, 6.07) is 0. The number of hydrogen-bond donors (Lipinski definition) is 1. The fourth-order valence-corrected chi connectivity index (χ4v) is 2.28. The van der Waals surface area contributed by atoms with Gasteiger partial charge in [-0.25, -0.2) is 4.98 Å². The summed E-state index contributed by atoms with van der Waals surface area (Å²) in [4.78, 5) is 12.5. The van der Waals surface area contributed by atoms with Gasteiger partial charge in [-0.05, 0) is 5.92 Å². The molecule has 1 fully saturated rings. The number of nitrogens with zero attached hydrogens (tertiary/aromatic N) is 4. The summed E-state index contributed by atoms with van der Waals surface area (Å²) < 4.78 is 12.9. The van der Waals surface area contributed by atoms with Crippen LogP contribution in [0.3, 0.4) is 0 Å². The van der Waals surface area contributed by atoms with Crippen LogP contribution in [0.5, 0.6) is 11.8 Å². The average Bonchev–Trinajstić information content (AvgIpc) is 3.10. The minimum atomic E-state index is -0.0578. The van der Waals surface area contributed by atoms with Gasteiger partial charge in [0.1, 0.15) is 12.4 Å². The maximum absolute atomic E-state index is 10.2. The predicted molar refractivity (Wildman–Crippen MR) is 74.8 cm³/mol. The molecule has 7 nitrogen and oxygen atoms in total. The van der Waals surface area contributed by atoms with Crippen LogP contribution in [-0.2, 0) is 4.74 Å². The minimum absolute atomic E-state index is 0.0348. The number of aromatic hydroxyl groups is 1. The van der Waals surface area contributed by atoms with E-state index in [0.29, 0.717) is 30.6 Å². The molecule has 2 aromatic heterocycles. The van der Waals surface area contributed by atoms with Gasteiger partial charge >= 0.3 is 0 Å². The standard InChI is InChI=1S/C14H18N4O3/c1-9(2)11-12(19)16-14(18-5-4-15-8-18)17-13(11)21-10-3-6-20-7-10/h4-5,8-10H,3,6-7H2,1-2H3,(H,16,17,19). The summed E-state index contributed by atoms with van der Waals surface area (Å²) in [7, 11) is 0. The summed E-state index contributed by atoms with van der Waals surface area (Å²) in [5.41, 5.74) is 0.616. The SMILES string of the molecule is CC(C)c1c(O)nc(-n2ccnc2)nc1OC1CCOC1. The van der Waals surface area contributed by atoms with Crippen LogP contribution in [0.2, 0.25) is 0 Å². The van der Waals surface area contributed by atoms with Crippen LogP contribution in [0.4, 0.5) is 0 Å². The Bertz CT molecular complexity index is 607. The van der Waals surface area contributed by atoms with Gasteiger partial charge in [-0.15, -0.1) is 0 Å². The second kappa shape index (κ2) is 5.69. The third-order valence-corrected chi connectivity index (χ3v) is 3.36. The van der Waals surface area contributed by atoms with Crippen molar-refractivity contribution in [2.24, 2.45) is 0 Å². The molecule has 2 aromatic rings. The van der Waals surface area contributed by atoms with Gasteiger partial charge in [-0.3, -0.25) is 4.57 Å². The lowest BCUT2D eigenvalue weighted by Crippen LogP contribution is -2.19. The van der Waals surface area contributed by atoms with Crippen molar-refractivity contribution in [3.63, 3.8) is 0 Å². The Morgan fingerprint density at radius 2 is 2.29 bits per heavy atom. The van der Waals surface area contributed by atoms with Gasteiger partial charge in [0.05, 0.1) is 18.8 Å². The first-order valence-corrected chi connectivity index (χ1v) is 6.98. The molecule has 1 atom stereocenters. The maximum atomic E-state index is 10.2. The number of ether oxygens (including phenoxy) is 2. The zero-order valence-electron chi connectivity index (χ0n) is 12.1. The van der Waals surface area contributed by atoms with Crippen LogP contribution in [0.15, 0.2) is 18.7 Å². The van der Waals surface area contributed by atoms with Crippen LogP contribution in [0.25, 0.3) is 5.95 Å². The van der Waals surface area contributed by atoms with Gasteiger partial charge in [0.15, 0.2) is 0 Å². The van der Waals surface area contributed by atoms with Crippen molar-refractivity contribution in [2.45, 2.75) is 32.3 Å². The second-order valence-corrected chi connectivity index (χ2v) is 5.29. The van der Waals surface area contributed by atoms with E-state index in [9.17, 15) is 5.11 Å². The largest absolute Gasteiger partial charge is 0.493 e. The molecule has 21 heavy (non-hydrogen) atoms. The number of hydrogen-bond acceptors (Lipinski definition) is 6. The molecule has 0 spiro atoms. The lowest BCUT2D eigenvalue weighted by atomic mass is 10.1. The van der Waals surface area contributed by atoms with Crippen LogP contribution >= 0.6 is 0 Å². The zero-order chi connectivity index (χ0) is 14.8. The Kier molecular flexibility index (Phi) is 3.74. The molecule has 3 heterocycles. The van der Waals surface area contributed by atoms with Crippen molar-refractivity contribution in [3.8, 4) is 17.7 Å². The topological polar surface area (TPSA) is 82.3 Å². The van der Waals surface area contributed by atoms with Crippen molar-refractivity contribution in [2.75, 3.05) is 13.2 Å². The highest BCUT2D eigenvalue weighted by Gasteiger charge is 2.24. The molecule has 0 amide bonds. The molecule has 1 N–H and O–H groups in total. The first-order valence-electron chi connectivity index (χ1n) is 6.98. The quantitative estimate of drug-likeness (QED) is 0.922. The van der Waals surface area contributed by atoms with E-state index < -0.39 is 0 Å². The number of rotatable bonds is 4. The van der Waals surface area contributed by atoms with Gasteiger partial charge in [0, 0.05) is 18.8 Å². The molecule has 0 radical (unpaired) electrons. The third-order valence-electron chi connectivity index (χ3n) is 3.36. The Balaban J connectivity index is 2.00. The summed E-state index contributed by atoms with van der Waals surface area (Å²) in [6.45, 7) is 5.16. The molecule has 0 aromatic carbocycles. The van der Waals surface area contributed by atoms with Crippen molar-refractivity contribution in [1.29, 1.82) is 0 Å². The lowest BCUT2D eigenvalue weighted by Gasteiger charge is -2.18. The van der Waals surface area contributed by atoms with E-state index in [-0.39, 0.29) is 17.9 Å². The van der Waals surface area contributed by atoms with E-state index in [4.69, 9.17) is 9.47 Å². The van der Waals surface area contributed by atoms with Crippen LogP contribution in [-0.4, -0.2) is 43.9 Å². The Hall–Kier alpha value is -2.15. The van der Waals surface area contributed by atoms with Gasteiger partial charge in [-0.1, -0.05) is 13.8 Å². The number of imidazole rings is 1. The Labute approximate surface area is 122 Å². The highest BCUT2D eigenvalue weighted by atomic mass is 16.5. The fraction of sp³-hybridized carbons (Fsp3) is 0.500. The Morgan fingerprint density at radius 3 is 2.90 bits per heavy atom. The van der Waals surface area contributed by atoms with Crippen molar-refractivity contribution < 1.29 is 14.6 Å². The molecule has 7 heteroatoms. The predicted octanol–water partition coefficient (Wildman–Crippen LogP) is 1.66. The zero-order valence-corrected chi connectivity index (χ0v) is 12.1. The molecule has 1 aliphatic heterocycles. The van der Waals surface area contributed by atoms with E-state index in [2.05, 4.69) is 15.0 Å². The van der Waals surface area contributed by atoms with Crippen molar-refractivity contribution in [1.82, 2.24) is 19.5 Å². The molecule has 0 bridgehead atoms. The highest BCUT2D eigenvalue weighted by molar-refractivity contribution is 5.40. The monoisotopic (exact) mass is 290 g/mol. The summed E-state index contributed by atoms with van der Waals surface area (Å²) in [6.07, 6.45) is 5.70. The van der Waals surface area contributed by atoms with Crippen LogP contribution < -0.4 is 4.74 Å². The van der Waals surface area contributed by atoms with Gasteiger partial charge in [-0.2, -0.15) is 9.97 Å². The van der Waals surface area contributed by atoms with E-state index in [1.807, 2.05) is 13.8 Å². The molecule has 1 aliphatic rings. The molecule has 1 unspecified atom stereocenters. The van der Waals surface area contributed by atoms with E-state index >= 15 is 0 Å². The van der Waals surface area contributed by atoms with E-state index in [1.54, 1.807) is 23.3 Å². The molecule has 1 saturated heterocycles. The molecular weight excluding hydrogens is 272 g/mol. The van der Waals surface area contributed by atoms with E-state index in [1.165, 1.54) is 0 Å². The Morgan fingerprint density at radius 1 is 1.43 bits per heavy atom. The molecule has 3 rings (SSSR count). The fourth-order valence-electron chi connectivity index (χ4n) is 2.28. The second-order valence-electron chi connectivity index (χ2n) is 5.29. The normalized spacial score (nSPS) is 18.3. The molecular formula is C14H18N4O3. The van der Waals surface area contributed by atoms with Crippen LogP contribution in [0.1, 0.15) is 31.7 Å². The summed E-state index contributed by atoms with van der Waals surface area (Å²) >= 11 is 0. The highest BCUT2D eigenvalue weighted by Crippen LogP contribution is 2.33.